The van der Waals surface area contributed by atoms with Crippen LogP contribution in [0.15, 0.2) is 33.1 Å². The summed E-state index contributed by atoms with van der Waals surface area (Å²) in [5.74, 6) is 0. The van der Waals surface area contributed by atoms with Gasteiger partial charge in [-0.2, -0.15) is 0 Å². The van der Waals surface area contributed by atoms with Gasteiger partial charge in [0, 0.05) is 5.56 Å². The molecule has 66 valence electrons. The van der Waals surface area contributed by atoms with Gasteiger partial charge in [0.15, 0.2) is 4.67 Å². The summed E-state index contributed by atoms with van der Waals surface area (Å²) >= 11 is 3.20. The van der Waals surface area contributed by atoms with Crippen molar-refractivity contribution in [3.63, 3.8) is 0 Å². The number of rotatable bonds is 2. The molecule has 0 bridgehead atoms. The minimum atomic E-state index is -0.580. The molecule has 0 spiro atoms. The summed E-state index contributed by atoms with van der Waals surface area (Å²) in [4.78, 5) is 0. The van der Waals surface area contributed by atoms with Crippen LogP contribution in [0, 0.1) is 0 Å². The predicted molar refractivity (Wildman–Crippen MR) is 50.8 cm³/mol. The van der Waals surface area contributed by atoms with Gasteiger partial charge in [0.2, 0.25) is 0 Å². The predicted octanol–water partition coefficient (Wildman–Crippen LogP) is 3.04. The van der Waals surface area contributed by atoms with Gasteiger partial charge in [-0.1, -0.05) is 11.6 Å². The quantitative estimate of drug-likeness (QED) is 0.793. The monoisotopic (exact) mass is 230 g/mol. The zero-order valence-electron chi connectivity index (χ0n) is 7.04. The van der Waals surface area contributed by atoms with E-state index in [0.29, 0.717) is 4.67 Å². The first kappa shape index (κ1) is 9.55. The zero-order valence-corrected chi connectivity index (χ0v) is 8.63. The van der Waals surface area contributed by atoms with Crippen LogP contribution in [0.5, 0.6) is 0 Å². The Hall–Kier alpha value is -0.540. The largest absolute Gasteiger partial charge is 0.457 e. The van der Waals surface area contributed by atoms with Crippen LogP contribution in [-0.4, -0.2) is 5.11 Å². The van der Waals surface area contributed by atoms with Crippen molar-refractivity contribution < 1.29 is 9.52 Å². The Morgan fingerprint density at radius 1 is 1.67 bits per heavy atom. The van der Waals surface area contributed by atoms with E-state index in [0.717, 1.165) is 11.1 Å². The standard InChI is InChI=1S/C9H11BrO2/c1-6(2)5-8(11)7-3-4-12-9(7)10/h3-5,8,11H,1-2H3. The van der Waals surface area contributed by atoms with Crippen LogP contribution in [0.4, 0.5) is 0 Å². The molecule has 1 atom stereocenters. The van der Waals surface area contributed by atoms with E-state index in [4.69, 9.17) is 4.42 Å². The molecule has 2 nitrogen and oxygen atoms in total. The fourth-order valence-corrected chi connectivity index (χ4v) is 1.40. The Morgan fingerprint density at radius 2 is 2.33 bits per heavy atom. The lowest BCUT2D eigenvalue weighted by molar-refractivity contribution is 0.225. The van der Waals surface area contributed by atoms with E-state index < -0.39 is 6.10 Å². The first-order chi connectivity index (χ1) is 5.61. The molecule has 1 N–H and O–H groups in total. The molecule has 0 aliphatic carbocycles. The van der Waals surface area contributed by atoms with E-state index in [-0.39, 0.29) is 0 Å². The molecule has 1 aromatic rings. The van der Waals surface area contributed by atoms with Gasteiger partial charge in [-0.3, -0.25) is 0 Å². The highest BCUT2D eigenvalue weighted by Crippen LogP contribution is 2.25. The van der Waals surface area contributed by atoms with Crippen molar-refractivity contribution in [3.05, 3.63) is 34.2 Å². The van der Waals surface area contributed by atoms with E-state index in [1.165, 1.54) is 0 Å². The topological polar surface area (TPSA) is 33.4 Å². The maximum atomic E-state index is 9.59. The zero-order chi connectivity index (χ0) is 9.14. The van der Waals surface area contributed by atoms with Gasteiger partial charge in [0.25, 0.3) is 0 Å². The second kappa shape index (κ2) is 3.92. The van der Waals surface area contributed by atoms with Crippen LogP contribution in [0.25, 0.3) is 0 Å². The highest BCUT2D eigenvalue weighted by molar-refractivity contribution is 9.10. The van der Waals surface area contributed by atoms with Crippen LogP contribution >= 0.6 is 15.9 Å². The highest BCUT2D eigenvalue weighted by atomic mass is 79.9. The number of hydrogen-bond acceptors (Lipinski definition) is 2. The van der Waals surface area contributed by atoms with Crippen LogP contribution in [0.3, 0.4) is 0 Å². The number of hydrogen-bond donors (Lipinski definition) is 1. The minimum Gasteiger partial charge on any atom is -0.457 e. The summed E-state index contributed by atoms with van der Waals surface area (Å²) in [6.07, 6.45) is 2.74. The van der Waals surface area contributed by atoms with Crippen LogP contribution in [0.2, 0.25) is 0 Å². The van der Waals surface area contributed by atoms with Crippen LogP contribution in [-0.2, 0) is 0 Å². The molecule has 0 saturated carbocycles. The number of aliphatic hydroxyl groups is 1. The molecular weight excluding hydrogens is 220 g/mol. The molecule has 0 amide bonds. The van der Waals surface area contributed by atoms with E-state index in [9.17, 15) is 5.11 Å². The van der Waals surface area contributed by atoms with Gasteiger partial charge in [0.05, 0.1) is 6.26 Å². The van der Waals surface area contributed by atoms with Crippen molar-refractivity contribution in [2.24, 2.45) is 0 Å². The Bertz CT molecular complexity index is 284. The van der Waals surface area contributed by atoms with Gasteiger partial charge >= 0.3 is 0 Å². The van der Waals surface area contributed by atoms with Crippen LogP contribution < -0.4 is 0 Å². The fraction of sp³-hybridized carbons (Fsp3) is 0.333. The molecule has 0 aromatic carbocycles. The van der Waals surface area contributed by atoms with Gasteiger partial charge in [-0.05, 0) is 35.8 Å². The summed E-state index contributed by atoms with van der Waals surface area (Å²) in [5, 5.41) is 9.59. The third kappa shape index (κ3) is 2.22. The lowest BCUT2D eigenvalue weighted by Crippen LogP contribution is -1.91. The van der Waals surface area contributed by atoms with Crippen molar-refractivity contribution in [1.82, 2.24) is 0 Å². The van der Waals surface area contributed by atoms with Crippen molar-refractivity contribution >= 4 is 15.9 Å². The summed E-state index contributed by atoms with van der Waals surface area (Å²) in [5.41, 5.74) is 1.84. The third-order valence-corrected chi connectivity index (χ3v) is 2.10. The van der Waals surface area contributed by atoms with E-state index in [1.54, 1.807) is 18.4 Å². The maximum Gasteiger partial charge on any atom is 0.175 e. The minimum absolute atomic E-state index is 0.580. The Morgan fingerprint density at radius 3 is 2.75 bits per heavy atom. The number of furan rings is 1. The maximum absolute atomic E-state index is 9.59. The smallest absolute Gasteiger partial charge is 0.175 e. The van der Waals surface area contributed by atoms with Crippen molar-refractivity contribution in [1.29, 1.82) is 0 Å². The van der Waals surface area contributed by atoms with E-state index in [1.807, 2.05) is 13.8 Å². The molecule has 1 rings (SSSR count). The van der Waals surface area contributed by atoms with E-state index >= 15 is 0 Å². The van der Waals surface area contributed by atoms with Gasteiger partial charge < -0.3 is 9.52 Å². The molecule has 1 aromatic heterocycles. The van der Waals surface area contributed by atoms with Crippen LogP contribution in [0.1, 0.15) is 25.5 Å². The molecule has 12 heavy (non-hydrogen) atoms. The van der Waals surface area contributed by atoms with E-state index in [2.05, 4.69) is 15.9 Å². The molecule has 0 aliphatic rings. The number of halogens is 1. The molecule has 0 fully saturated rings. The van der Waals surface area contributed by atoms with Gasteiger partial charge in [-0.25, -0.2) is 0 Å². The molecule has 0 saturated heterocycles. The molecule has 1 unspecified atom stereocenters. The first-order valence-electron chi connectivity index (χ1n) is 3.67. The summed E-state index contributed by atoms with van der Waals surface area (Å²) in [6, 6.07) is 1.74. The fourth-order valence-electron chi connectivity index (χ4n) is 0.921. The first-order valence-corrected chi connectivity index (χ1v) is 4.46. The lowest BCUT2D eigenvalue weighted by atomic mass is 10.1. The van der Waals surface area contributed by atoms with Crippen molar-refractivity contribution in [2.45, 2.75) is 20.0 Å². The van der Waals surface area contributed by atoms with Crippen molar-refractivity contribution in [2.75, 3.05) is 0 Å². The van der Waals surface area contributed by atoms with Crippen molar-refractivity contribution in [3.8, 4) is 0 Å². The third-order valence-electron chi connectivity index (χ3n) is 1.46. The highest BCUT2D eigenvalue weighted by Gasteiger charge is 2.10. The second-order valence-corrected chi connectivity index (χ2v) is 3.56. The molecular formula is C9H11BrO2. The molecule has 0 radical (unpaired) electrons. The number of aliphatic hydroxyl groups excluding tert-OH is 1. The average Bonchev–Trinajstić information content (AvgIpc) is 2.33. The normalized spacial score (nSPS) is 12.7. The Balaban J connectivity index is 2.85. The Kier molecular flexibility index (Phi) is 3.12. The lowest BCUT2D eigenvalue weighted by Gasteiger charge is -2.03. The molecule has 3 heteroatoms. The van der Waals surface area contributed by atoms with Gasteiger partial charge in [-0.15, -0.1) is 0 Å². The summed E-state index contributed by atoms with van der Waals surface area (Å²) in [7, 11) is 0. The number of allylic oxidation sites excluding steroid dienone is 1. The SMILES string of the molecule is CC(C)=CC(O)c1ccoc1Br. The summed E-state index contributed by atoms with van der Waals surface area (Å²) in [6.45, 7) is 3.88. The Labute approximate surface area is 80.0 Å². The molecule has 0 aliphatic heterocycles. The second-order valence-electron chi connectivity index (χ2n) is 2.84. The average molecular weight is 231 g/mol. The summed E-state index contributed by atoms with van der Waals surface area (Å²) < 4.78 is 5.58. The molecule has 1 heterocycles. The van der Waals surface area contributed by atoms with Gasteiger partial charge in [0.1, 0.15) is 6.10 Å².